The summed E-state index contributed by atoms with van der Waals surface area (Å²) in [6.07, 6.45) is 1.92. The highest BCUT2D eigenvalue weighted by atomic mass is 32.2. The molecule has 0 spiro atoms. The van der Waals surface area contributed by atoms with Crippen LogP contribution in [0, 0.1) is 23.0 Å². The Balaban J connectivity index is 1.99. The second kappa shape index (κ2) is 5.40. The van der Waals surface area contributed by atoms with Crippen LogP contribution >= 0.6 is 11.8 Å². The SMILES string of the molecule is COC(=O)CC1(CSc2nc(F)c(F)cc2F)CC1. The van der Waals surface area contributed by atoms with Crippen LogP contribution in [0.1, 0.15) is 19.3 Å². The van der Waals surface area contributed by atoms with Crippen molar-refractivity contribution < 1.29 is 22.7 Å². The molecule has 1 aliphatic rings. The van der Waals surface area contributed by atoms with E-state index in [1.165, 1.54) is 7.11 Å². The van der Waals surface area contributed by atoms with Gasteiger partial charge in [0, 0.05) is 11.8 Å². The number of carbonyl (C=O) groups is 1. The molecule has 1 aromatic rings. The lowest BCUT2D eigenvalue weighted by Gasteiger charge is -2.12. The van der Waals surface area contributed by atoms with E-state index in [9.17, 15) is 18.0 Å². The summed E-state index contributed by atoms with van der Waals surface area (Å²) in [5.74, 6) is -3.41. The van der Waals surface area contributed by atoms with E-state index in [2.05, 4.69) is 9.72 Å². The van der Waals surface area contributed by atoms with Gasteiger partial charge < -0.3 is 4.74 Å². The molecule has 0 atom stereocenters. The van der Waals surface area contributed by atoms with Crippen molar-refractivity contribution in [2.75, 3.05) is 12.9 Å². The summed E-state index contributed by atoms with van der Waals surface area (Å²) in [6.45, 7) is 0. The zero-order valence-corrected chi connectivity index (χ0v) is 11.0. The van der Waals surface area contributed by atoms with E-state index in [0.29, 0.717) is 11.8 Å². The van der Waals surface area contributed by atoms with Crippen molar-refractivity contribution in [1.29, 1.82) is 0 Å². The van der Waals surface area contributed by atoms with Gasteiger partial charge in [-0.1, -0.05) is 0 Å². The second-order valence-corrected chi connectivity index (χ2v) is 5.55. The first-order chi connectivity index (χ1) is 8.96. The van der Waals surface area contributed by atoms with Crippen LogP contribution in [-0.2, 0) is 9.53 Å². The Hall–Kier alpha value is -1.24. The highest BCUT2D eigenvalue weighted by Crippen LogP contribution is 2.52. The number of pyridine rings is 1. The summed E-state index contributed by atoms with van der Waals surface area (Å²) < 4.78 is 43.6. The number of hydrogen-bond donors (Lipinski definition) is 0. The van der Waals surface area contributed by atoms with E-state index in [1.807, 2.05) is 0 Å². The summed E-state index contributed by atoms with van der Waals surface area (Å²) in [6, 6.07) is 0.477. The minimum Gasteiger partial charge on any atom is -0.469 e. The number of ether oxygens (including phenoxy) is 1. The molecule has 19 heavy (non-hydrogen) atoms. The van der Waals surface area contributed by atoms with Crippen molar-refractivity contribution in [3.63, 3.8) is 0 Å². The average Bonchev–Trinajstić information content (AvgIpc) is 3.12. The molecule has 1 aliphatic carbocycles. The molecule has 2 rings (SSSR count). The highest BCUT2D eigenvalue weighted by Gasteiger charge is 2.44. The van der Waals surface area contributed by atoms with Gasteiger partial charge in [-0.15, -0.1) is 11.8 Å². The van der Waals surface area contributed by atoms with Gasteiger partial charge in [0.1, 0.15) is 5.03 Å². The fraction of sp³-hybridized carbons (Fsp3) is 0.500. The molecule has 3 nitrogen and oxygen atoms in total. The minimum atomic E-state index is -1.32. The van der Waals surface area contributed by atoms with Gasteiger partial charge in [-0.2, -0.15) is 4.39 Å². The monoisotopic (exact) mass is 291 g/mol. The van der Waals surface area contributed by atoms with Gasteiger partial charge >= 0.3 is 5.97 Å². The van der Waals surface area contributed by atoms with E-state index >= 15 is 0 Å². The molecular formula is C12H12F3NO2S. The number of thioether (sulfide) groups is 1. The maximum Gasteiger partial charge on any atom is 0.306 e. The third kappa shape index (κ3) is 3.40. The zero-order chi connectivity index (χ0) is 14.0. The van der Waals surface area contributed by atoms with Crippen LogP contribution in [0.3, 0.4) is 0 Å². The number of aromatic nitrogens is 1. The molecule has 0 N–H and O–H groups in total. The minimum absolute atomic E-state index is 0.185. The van der Waals surface area contributed by atoms with Crippen molar-refractivity contribution >= 4 is 17.7 Å². The predicted octanol–water partition coefficient (Wildman–Crippen LogP) is 2.93. The molecule has 0 unspecified atom stereocenters. The number of halogens is 3. The van der Waals surface area contributed by atoms with Crippen LogP contribution in [0.2, 0.25) is 0 Å². The molecule has 1 fully saturated rings. The third-order valence-corrected chi connectivity index (χ3v) is 4.39. The Morgan fingerprint density at radius 1 is 1.42 bits per heavy atom. The molecule has 1 aromatic heterocycles. The van der Waals surface area contributed by atoms with E-state index in [1.54, 1.807) is 0 Å². The van der Waals surface area contributed by atoms with Gasteiger partial charge in [0.2, 0.25) is 5.95 Å². The summed E-state index contributed by atoms with van der Waals surface area (Å²) >= 11 is 0.991. The molecule has 0 aromatic carbocycles. The first kappa shape index (κ1) is 14.2. The van der Waals surface area contributed by atoms with Crippen molar-refractivity contribution in [2.24, 2.45) is 5.41 Å². The van der Waals surface area contributed by atoms with E-state index in [4.69, 9.17) is 0 Å². The average molecular weight is 291 g/mol. The number of carbonyl (C=O) groups excluding carboxylic acids is 1. The van der Waals surface area contributed by atoms with E-state index < -0.39 is 17.6 Å². The summed E-state index contributed by atoms with van der Waals surface area (Å²) in [5, 5.41) is -0.185. The molecule has 0 aliphatic heterocycles. The fourth-order valence-electron chi connectivity index (χ4n) is 1.68. The normalized spacial score (nSPS) is 16.2. The lowest BCUT2D eigenvalue weighted by atomic mass is 10.1. The number of nitrogens with zero attached hydrogens (tertiary/aromatic N) is 1. The molecule has 1 saturated carbocycles. The number of hydrogen-bond acceptors (Lipinski definition) is 4. The van der Waals surface area contributed by atoms with Crippen LogP contribution in [0.5, 0.6) is 0 Å². The van der Waals surface area contributed by atoms with Crippen molar-refractivity contribution in [2.45, 2.75) is 24.3 Å². The molecule has 0 amide bonds. The molecule has 104 valence electrons. The fourth-order valence-corrected chi connectivity index (χ4v) is 2.85. The molecule has 1 heterocycles. The van der Waals surface area contributed by atoms with E-state index in [-0.39, 0.29) is 22.8 Å². The predicted molar refractivity (Wildman–Crippen MR) is 63.1 cm³/mol. The van der Waals surface area contributed by atoms with Gasteiger partial charge in [-0.3, -0.25) is 4.79 Å². The Labute approximate surface area is 112 Å². The summed E-state index contributed by atoms with van der Waals surface area (Å²) in [5.41, 5.74) is -0.225. The van der Waals surface area contributed by atoms with Gasteiger partial charge in [0.25, 0.3) is 0 Å². The Kier molecular flexibility index (Phi) is 4.03. The van der Waals surface area contributed by atoms with Crippen LogP contribution in [0.4, 0.5) is 13.2 Å². The quantitative estimate of drug-likeness (QED) is 0.475. The molecule has 0 radical (unpaired) electrons. The Morgan fingerprint density at radius 3 is 2.68 bits per heavy atom. The number of methoxy groups -OCH3 is 1. The molecule has 7 heteroatoms. The largest absolute Gasteiger partial charge is 0.469 e. The molecule has 0 saturated heterocycles. The third-order valence-electron chi connectivity index (χ3n) is 3.07. The number of esters is 1. The smallest absolute Gasteiger partial charge is 0.306 e. The first-order valence-electron chi connectivity index (χ1n) is 5.67. The maximum atomic E-state index is 13.4. The Morgan fingerprint density at radius 2 is 2.11 bits per heavy atom. The van der Waals surface area contributed by atoms with Crippen molar-refractivity contribution in [3.8, 4) is 0 Å². The molecule has 0 bridgehead atoms. The standard InChI is InChI=1S/C12H12F3NO2S/c1-18-9(17)5-12(2-3-12)6-19-11-8(14)4-7(13)10(15)16-11/h4H,2-3,5-6H2,1H3. The lowest BCUT2D eigenvalue weighted by molar-refractivity contribution is -0.141. The van der Waals surface area contributed by atoms with Crippen LogP contribution in [-0.4, -0.2) is 23.8 Å². The van der Waals surface area contributed by atoms with Crippen LogP contribution in [0.15, 0.2) is 11.1 Å². The lowest BCUT2D eigenvalue weighted by Crippen LogP contribution is -2.13. The maximum absolute atomic E-state index is 13.4. The first-order valence-corrected chi connectivity index (χ1v) is 6.65. The molecular weight excluding hydrogens is 279 g/mol. The zero-order valence-electron chi connectivity index (χ0n) is 10.2. The summed E-state index contributed by atoms with van der Waals surface area (Å²) in [7, 11) is 1.31. The van der Waals surface area contributed by atoms with Gasteiger partial charge in [0.05, 0.1) is 13.5 Å². The van der Waals surface area contributed by atoms with Crippen molar-refractivity contribution in [3.05, 3.63) is 23.6 Å². The second-order valence-electron chi connectivity index (χ2n) is 4.59. The van der Waals surface area contributed by atoms with Crippen molar-refractivity contribution in [1.82, 2.24) is 4.98 Å². The van der Waals surface area contributed by atoms with Gasteiger partial charge in [-0.25, -0.2) is 13.8 Å². The van der Waals surface area contributed by atoms with Crippen LogP contribution < -0.4 is 0 Å². The summed E-state index contributed by atoms with van der Waals surface area (Å²) in [4.78, 5) is 14.4. The topological polar surface area (TPSA) is 39.2 Å². The van der Waals surface area contributed by atoms with Gasteiger partial charge in [-0.05, 0) is 18.3 Å². The van der Waals surface area contributed by atoms with Gasteiger partial charge in [0.15, 0.2) is 11.6 Å². The van der Waals surface area contributed by atoms with Crippen LogP contribution in [0.25, 0.3) is 0 Å². The van der Waals surface area contributed by atoms with E-state index in [0.717, 1.165) is 24.6 Å². The Bertz CT molecular complexity index is 506. The highest BCUT2D eigenvalue weighted by molar-refractivity contribution is 7.99. The number of rotatable bonds is 5.